The van der Waals surface area contributed by atoms with Crippen molar-refractivity contribution in [3.05, 3.63) is 108 Å². The Morgan fingerprint density at radius 3 is 1.46 bits per heavy atom. The van der Waals surface area contributed by atoms with Crippen LogP contribution in [-0.4, -0.2) is 6.61 Å². The Kier molecular flexibility index (Phi) is 7.47. The summed E-state index contributed by atoms with van der Waals surface area (Å²) in [7, 11) is 0. The highest BCUT2D eigenvalue weighted by Crippen LogP contribution is 2.40. The molecule has 3 rings (SSSR count). The number of unbranched alkanes of at least 4 members (excludes halogenated alkanes) is 4. The molecule has 0 atom stereocenters. The normalized spacial score (nSPS) is 11.1. The molecule has 0 aromatic heterocycles. The minimum atomic E-state index is -0.609. The van der Waals surface area contributed by atoms with Crippen LogP contribution in [0.2, 0.25) is 0 Å². The predicted molar refractivity (Wildman–Crippen MR) is 117 cm³/mol. The summed E-state index contributed by atoms with van der Waals surface area (Å²) in [5, 5.41) is 0. The molecule has 0 amide bonds. The maximum absolute atomic E-state index is 6.75. The fourth-order valence-corrected chi connectivity index (χ4v) is 3.68. The van der Waals surface area contributed by atoms with Gasteiger partial charge in [0.1, 0.15) is 5.60 Å². The molecule has 0 heterocycles. The van der Waals surface area contributed by atoms with Gasteiger partial charge in [0, 0.05) is 13.0 Å². The van der Waals surface area contributed by atoms with E-state index in [0.29, 0.717) is 6.61 Å². The molecule has 0 N–H and O–H groups in total. The highest BCUT2D eigenvalue weighted by Gasteiger charge is 2.37. The zero-order chi connectivity index (χ0) is 19.5. The Morgan fingerprint density at radius 2 is 1.04 bits per heavy atom. The lowest BCUT2D eigenvalue weighted by molar-refractivity contribution is 0.0106. The molecular formula is C27H28O. The van der Waals surface area contributed by atoms with E-state index in [4.69, 9.17) is 11.2 Å². The second kappa shape index (κ2) is 10.5. The van der Waals surface area contributed by atoms with Gasteiger partial charge in [-0.3, -0.25) is 0 Å². The summed E-state index contributed by atoms with van der Waals surface area (Å²) in [6, 6.07) is 31.6. The molecule has 0 fully saturated rings. The topological polar surface area (TPSA) is 9.23 Å². The summed E-state index contributed by atoms with van der Waals surface area (Å²) in [6.07, 6.45) is 10.6. The van der Waals surface area contributed by atoms with E-state index in [0.717, 1.165) is 48.8 Å². The second-order valence-corrected chi connectivity index (χ2v) is 7.00. The molecule has 0 saturated heterocycles. The van der Waals surface area contributed by atoms with Gasteiger partial charge in [-0.05, 0) is 29.5 Å². The molecule has 0 aliphatic carbocycles. The van der Waals surface area contributed by atoms with Crippen LogP contribution in [0.15, 0.2) is 91.0 Å². The fourth-order valence-electron chi connectivity index (χ4n) is 3.68. The largest absolute Gasteiger partial charge is 0.361 e. The standard InChI is InChI=1S/C27H28O/c1-2-3-4-5-6-16-23-28-27(24-17-10-7-11-18-24,25-19-12-8-13-20-25)26-21-14-9-15-22-26/h1,7-15,17-22H,3-6,16,23H2. The number of terminal acetylenes is 1. The smallest absolute Gasteiger partial charge is 0.143 e. The van der Waals surface area contributed by atoms with E-state index in [1.165, 1.54) is 0 Å². The van der Waals surface area contributed by atoms with Gasteiger partial charge >= 0.3 is 0 Å². The third-order valence-electron chi connectivity index (χ3n) is 5.07. The van der Waals surface area contributed by atoms with Crippen molar-refractivity contribution in [1.82, 2.24) is 0 Å². The first-order valence-corrected chi connectivity index (χ1v) is 10.1. The van der Waals surface area contributed by atoms with Gasteiger partial charge in [-0.2, -0.15) is 0 Å². The molecule has 1 nitrogen and oxygen atoms in total. The molecule has 142 valence electrons. The van der Waals surface area contributed by atoms with Gasteiger partial charge in [0.25, 0.3) is 0 Å². The van der Waals surface area contributed by atoms with Crippen LogP contribution in [0.4, 0.5) is 0 Å². The summed E-state index contributed by atoms with van der Waals surface area (Å²) >= 11 is 0. The first-order valence-electron chi connectivity index (χ1n) is 10.1. The lowest BCUT2D eigenvalue weighted by atomic mass is 9.80. The van der Waals surface area contributed by atoms with Gasteiger partial charge in [-0.25, -0.2) is 0 Å². The molecule has 28 heavy (non-hydrogen) atoms. The Balaban J connectivity index is 1.92. The first kappa shape index (κ1) is 19.9. The van der Waals surface area contributed by atoms with Crippen LogP contribution in [0.3, 0.4) is 0 Å². The summed E-state index contributed by atoms with van der Waals surface area (Å²) < 4.78 is 6.75. The van der Waals surface area contributed by atoms with Crippen LogP contribution in [0.1, 0.15) is 48.8 Å². The molecule has 0 aliphatic rings. The zero-order valence-electron chi connectivity index (χ0n) is 16.4. The van der Waals surface area contributed by atoms with Crippen LogP contribution in [0.5, 0.6) is 0 Å². The van der Waals surface area contributed by atoms with Crippen molar-refractivity contribution in [2.24, 2.45) is 0 Å². The summed E-state index contributed by atoms with van der Waals surface area (Å²) in [4.78, 5) is 0. The van der Waals surface area contributed by atoms with Crippen LogP contribution in [0, 0.1) is 12.3 Å². The molecule has 1 heteroatoms. The SMILES string of the molecule is C#CCCCCCCOC(c1ccccc1)(c1ccccc1)c1ccccc1. The highest BCUT2D eigenvalue weighted by molar-refractivity contribution is 5.47. The maximum atomic E-state index is 6.75. The van der Waals surface area contributed by atoms with Crippen molar-refractivity contribution in [3.63, 3.8) is 0 Å². The van der Waals surface area contributed by atoms with Crippen molar-refractivity contribution in [2.45, 2.75) is 37.7 Å². The monoisotopic (exact) mass is 368 g/mol. The third kappa shape index (κ3) is 4.71. The zero-order valence-corrected chi connectivity index (χ0v) is 16.4. The molecule has 0 bridgehead atoms. The predicted octanol–water partition coefficient (Wildman–Crippen LogP) is 6.58. The highest BCUT2D eigenvalue weighted by atomic mass is 16.5. The van der Waals surface area contributed by atoms with Crippen LogP contribution < -0.4 is 0 Å². The molecule has 0 aliphatic heterocycles. The van der Waals surface area contributed by atoms with Gasteiger partial charge in [0.05, 0.1) is 0 Å². The van der Waals surface area contributed by atoms with Gasteiger partial charge in [-0.1, -0.05) is 104 Å². The molecule has 3 aromatic rings. The maximum Gasteiger partial charge on any atom is 0.143 e. The van der Waals surface area contributed by atoms with Crippen LogP contribution in [-0.2, 0) is 10.3 Å². The van der Waals surface area contributed by atoms with Crippen molar-refractivity contribution in [2.75, 3.05) is 6.61 Å². The average Bonchev–Trinajstić information content (AvgIpc) is 2.78. The number of hydrogen-bond acceptors (Lipinski definition) is 1. The van der Waals surface area contributed by atoms with E-state index < -0.39 is 5.60 Å². The van der Waals surface area contributed by atoms with Gasteiger partial charge in [-0.15, -0.1) is 12.3 Å². The Bertz CT molecular complexity index is 750. The van der Waals surface area contributed by atoms with Crippen molar-refractivity contribution < 1.29 is 4.74 Å². The van der Waals surface area contributed by atoms with Gasteiger partial charge in [0.15, 0.2) is 0 Å². The molecular weight excluding hydrogens is 340 g/mol. The first-order chi connectivity index (χ1) is 13.9. The van der Waals surface area contributed by atoms with E-state index in [1.807, 2.05) is 0 Å². The average molecular weight is 369 g/mol. The van der Waals surface area contributed by atoms with E-state index in [2.05, 4.69) is 96.9 Å². The fraction of sp³-hybridized carbons (Fsp3) is 0.259. The molecule has 0 saturated carbocycles. The number of hydrogen-bond donors (Lipinski definition) is 0. The summed E-state index contributed by atoms with van der Waals surface area (Å²) in [5.74, 6) is 2.72. The van der Waals surface area contributed by atoms with Crippen molar-refractivity contribution in [1.29, 1.82) is 0 Å². The van der Waals surface area contributed by atoms with Crippen LogP contribution in [0.25, 0.3) is 0 Å². The molecule has 0 unspecified atom stereocenters. The summed E-state index contributed by atoms with van der Waals surface area (Å²) in [5.41, 5.74) is 2.85. The van der Waals surface area contributed by atoms with E-state index >= 15 is 0 Å². The molecule has 0 spiro atoms. The van der Waals surface area contributed by atoms with Crippen molar-refractivity contribution >= 4 is 0 Å². The Hall–Kier alpha value is -2.82. The lowest BCUT2D eigenvalue weighted by Crippen LogP contribution is -2.33. The van der Waals surface area contributed by atoms with Gasteiger partial charge in [0.2, 0.25) is 0 Å². The number of rotatable bonds is 10. The van der Waals surface area contributed by atoms with E-state index in [1.54, 1.807) is 0 Å². The van der Waals surface area contributed by atoms with Crippen LogP contribution >= 0.6 is 0 Å². The van der Waals surface area contributed by atoms with Gasteiger partial charge < -0.3 is 4.74 Å². The van der Waals surface area contributed by atoms with E-state index in [-0.39, 0.29) is 0 Å². The number of benzene rings is 3. The second-order valence-electron chi connectivity index (χ2n) is 7.00. The lowest BCUT2D eigenvalue weighted by Gasteiger charge is -2.36. The third-order valence-corrected chi connectivity index (χ3v) is 5.07. The van der Waals surface area contributed by atoms with Crippen molar-refractivity contribution in [3.8, 4) is 12.3 Å². The Morgan fingerprint density at radius 1 is 0.607 bits per heavy atom. The van der Waals surface area contributed by atoms with E-state index in [9.17, 15) is 0 Å². The molecule has 3 aromatic carbocycles. The summed E-state index contributed by atoms with van der Waals surface area (Å²) in [6.45, 7) is 0.703. The molecule has 0 radical (unpaired) electrons. The minimum absolute atomic E-state index is 0.609. The number of ether oxygens (including phenoxy) is 1. The quantitative estimate of drug-likeness (QED) is 0.223. The minimum Gasteiger partial charge on any atom is -0.361 e. The Labute approximate surface area is 169 Å².